The van der Waals surface area contributed by atoms with Gasteiger partial charge in [0.2, 0.25) is 5.91 Å². The van der Waals surface area contributed by atoms with Gasteiger partial charge < -0.3 is 10.1 Å². The predicted octanol–water partition coefficient (Wildman–Crippen LogP) is 0.314. The third-order valence-electron chi connectivity index (χ3n) is 3.30. The van der Waals surface area contributed by atoms with E-state index in [1.807, 2.05) is 0 Å². The number of nitrogens with one attached hydrogen (secondary N) is 1. The second-order valence-electron chi connectivity index (χ2n) is 4.88. The number of aliphatic imine (C=N–C) groups is 2. The van der Waals surface area contributed by atoms with Crippen LogP contribution in [0.15, 0.2) is 44.9 Å². The number of carbonyl (C=O) groups excluding carboxylic acids is 1. The Kier molecular flexibility index (Phi) is 3.32. The second kappa shape index (κ2) is 5.06. The fraction of sp³-hybridized carbons (Fsp3) is 0.214. The topological polar surface area (TPSA) is 97.2 Å². The molecule has 7 nitrogen and oxygen atoms in total. The molecule has 2 heterocycles. The Morgan fingerprint density at radius 1 is 1.27 bits per heavy atom. The fourth-order valence-corrected chi connectivity index (χ4v) is 2.82. The summed E-state index contributed by atoms with van der Waals surface area (Å²) in [6.07, 6.45) is 2.51. The number of carbonyl (C=O) groups is 1. The van der Waals surface area contributed by atoms with E-state index < -0.39 is 9.84 Å². The van der Waals surface area contributed by atoms with Gasteiger partial charge in [-0.15, -0.1) is 0 Å². The number of fused-ring (bicyclic) bond motifs is 1. The van der Waals surface area contributed by atoms with Gasteiger partial charge in [0.05, 0.1) is 35.5 Å². The van der Waals surface area contributed by atoms with E-state index in [1.165, 1.54) is 25.3 Å². The summed E-state index contributed by atoms with van der Waals surface area (Å²) in [5.41, 5.74) is 1.77. The molecule has 0 atom stereocenters. The molecular weight excluding hydrogens is 306 g/mol. The largest absolute Gasteiger partial charge is 0.496 e. The number of benzene rings is 1. The van der Waals surface area contributed by atoms with Gasteiger partial charge in [-0.3, -0.25) is 4.79 Å². The molecule has 0 unspecified atom stereocenters. The molecule has 0 aliphatic carbocycles. The zero-order valence-corrected chi connectivity index (χ0v) is 12.8. The highest BCUT2D eigenvalue weighted by Gasteiger charge is 2.24. The van der Waals surface area contributed by atoms with Crippen LogP contribution in [-0.2, 0) is 14.6 Å². The first-order valence-corrected chi connectivity index (χ1v) is 8.32. The van der Waals surface area contributed by atoms with Crippen LogP contribution >= 0.6 is 0 Å². The van der Waals surface area contributed by atoms with Crippen molar-refractivity contribution >= 4 is 27.3 Å². The number of amidine groups is 1. The van der Waals surface area contributed by atoms with Crippen LogP contribution in [0.25, 0.3) is 0 Å². The van der Waals surface area contributed by atoms with Crippen molar-refractivity contribution in [2.24, 2.45) is 9.98 Å². The number of nitrogens with zero attached hydrogens (tertiary/aromatic N) is 2. The highest BCUT2D eigenvalue weighted by Crippen LogP contribution is 2.27. The molecule has 8 heteroatoms. The van der Waals surface area contributed by atoms with Gasteiger partial charge in [0.25, 0.3) is 0 Å². The smallest absolute Gasteiger partial charge is 0.246 e. The average Bonchev–Trinajstić information content (AvgIpc) is 2.88. The van der Waals surface area contributed by atoms with E-state index in [0.29, 0.717) is 35.1 Å². The van der Waals surface area contributed by atoms with Crippen LogP contribution in [0.4, 0.5) is 0 Å². The standard InChI is InChI=1S/C14H13N3O4S/c1-21-12-5-8(22(2,19)20)3-4-9(12)14-16-10-6-13(18)15-7-11(10)17-14/h3-6H,7H2,1-2H3,(H,15,18). The van der Waals surface area contributed by atoms with Crippen LogP contribution in [-0.4, -0.2) is 45.8 Å². The van der Waals surface area contributed by atoms with Crippen LogP contribution in [0.2, 0.25) is 0 Å². The van der Waals surface area contributed by atoms with Gasteiger partial charge in [-0.1, -0.05) is 0 Å². The number of ether oxygens (including phenoxy) is 1. The molecule has 0 bridgehead atoms. The molecular formula is C14H13N3O4S. The lowest BCUT2D eigenvalue weighted by atomic mass is 10.2. The molecule has 114 valence electrons. The maximum atomic E-state index is 11.6. The number of amides is 1. The lowest BCUT2D eigenvalue weighted by molar-refractivity contribution is -0.116. The Labute approximate surface area is 127 Å². The number of sulfone groups is 1. The molecule has 0 saturated carbocycles. The Hall–Kier alpha value is -2.48. The van der Waals surface area contributed by atoms with Gasteiger partial charge in [0.15, 0.2) is 15.7 Å². The molecule has 0 spiro atoms. The number of hydrogen-bond acceptors (Lipinski definition) is 6. The van der Waals surface area contributed by atoms with Crippen molar-refractivity contribution in [1.82, 2.24) is 5.32 Å². The summed E-state index contributed by atoms with van der Waals surface area (Å²) >= 11 is 0. The highest BCUT2D eigenvalue weighted by atomic mass is 32.2. The number of methoxy groups -OCH3 is 1. The highest BCUT2D eigenvalue weighted by molar-refractivity contribution is 7.90. The van der Waals surface area contributed by atoms with Crippen molar-refractivity contribution < 1.29 is 17.9 Å². The summed E-state index contributed by atoms with van der Waals surface area (Å²) in [6, 6.07) is 4.52. The van der Waals surface area contributed by atoms with Gasteiger partial charge in [-0.25, -0.2) is 18.4 Å². The average molecular weight is 319 g/mol. The minimum atomic E-state index is -3.33. The minimum absolute atomic E-state index is 0.160. The van der Waals surface area contributed by atoms with Crippen molar-refractivity contribution in [1.29, 1.82) is 0 Å². The first kappa shape index (κ1) is 14.5. The van der Waals surface area contributed by atoms with E-state index in [1.54, 1.807) is 6.07 Å². The Bertz CT molecular complexity index is 866. The number of rotatable bonds is 3. The molecule has 2 aliphatic heterocycles. The van der Waals surface area contributed by atoms with E-state index >= 15 is 0 Å². The lowest BCUT2D eigenvalue weighted by Crippen LogP contribution is -2.32. The van der Waals surface area contributed by atoms with E-state index in [-0.39, 0.29) is 10.8 Å². The minimum Gasteiger partial charge on any atom is -0.496 e. The van der Waals surface area contributed by atoms with Crippen LogP contribution < -0.4 is 10.1 Å². The fourth-order valence-electron chi connectivity index (χ4n) is 2.19. The first-order chi connectivity index (χ1) is 10.4. The Morgan fingerprint density at radius 2 is 2.05 bits per heavy atom. The van der Waals surface area contributed by atoms with E-state index in [0.717, 1.165) is 6.26 Å². The SMILES string of the molecule is COc1cc(S(C)(=O)=O)ccc1C1=NC2=CC(=O)NCC2=N1. The third-order valence-corrected chi connectivity index (χ3v) is 4.41. The summed E-state index contributed by atoms with van der Waals surface area (Å²) in [4.78, 5) is 20.2. The molecule has 0 radical (unpaired) electrons. The summed E-state index contributed by atoms with van der Waals surface area (Å²) < 4.78 is 28.5. The van der Waals surface area contributed by atoms with Crippen molar-refractivity contribution in [3.8, 4) is 5.75 Å². The van der Waals surface area contributed by atoms with Crippen LogP contribution in [0.3, 0.4) is 0 Å². The molecule has 1 aromatic rings. The van der Waals surface area contributed by atoms with Crippen LogP contribution in [0.5, 0.6) is 5.75 Å². The normalized spacial score (nSPS) is 17.2. The van der Waals surface area contributed by atoms with Gasteiger partial charge in [-0.2, -0.15) is 0 Å². The zero-order chi connectivity index (χ0) is 15.9. The summed E-state index contributed by atoms with van der Waals surface area (Å²) in [5.74, 6) is 0.553. The van der Waals surface area contributed by atoms with Crippen molar-refractivity contribution in [3.05, 3.63) is 35.5 Å². The predicted molar refractivity (Wildman–Crippen MR) is 81.2 cm³/mol. The lowest BCUT2D eigenvalue weighted by Gasteiger charge is -2.08. The van der Waals surface area contributed by atoms with Crippen LogP contribution in [0, 0.1) is 0 Å². The van der Waals surface area contributed by atoms with Crippen molar-refractivity contribution in [2.45, 2.75) is 4.90 Å². The molecule has 1 N–H and O–H groups in total. The van der Waals surface area contributed by atoms with E-state index in [9.17, 15) is 13.2 Å². The van der Waals surface area contributed by atoms with Gasteiger partial charge in [-0.05, 0) is 18.2 Å². The maximum Gasteiger partial charge on any atom is 0.246 e. The van der Waals surface area contributed by atoms with E-state index in [2.05, 4.69) is 15.3 Å². The van der Waals surface area contributed by atoms with Gasteiger partial charge in [0.1, 0.15) is 5.75 Å². The molecule has 3 rings (SSSR count). The Morgan fingerprint density at radius 3 is 2.73 bits per heavy atom. The number of hydrogen-bond donors (Lipinski definition) is 1. The second-order valence-corrected chi connectivity index (χ2v) is 6.89. The van der Waals surface area contributed by atoms with Crippen LogP contribution in [0.1, 0.15) is 5.56 Å². The molecule has 1 aromatic carbocycles. The Balaban J connectivity index is 2.07. The molecule has 0 saturated heterocycles. The first-order valence-electron chi connectivity index (χ1n) is 6.43. The summed E-state index contributed by atoms with van der Waals surface area (Å²) in [7, 11) is -1.88. The zero-order valence-electron chi connectivity index (χ0n) is 12.0. The molecule has 1 amide bonds. The molecule has 2 aliphatic rings. The summed E-state index contributed by atoms with van der Waals surface area (Å²) in [6.45, 7) is 0.321. The molecule has 22 heavy (non-hydrogen) atoms. The van der Waals surface area contributed by atoms with Gasteiger partial charge in [0, 0.05) is 12.3 Å². The summed E-state index contributed by atoms with van der Waals surface area (Å²) in [5, 5.41) is 2.65. The quantitative estimate of drug-likeness (QED) is 0.867. The molecule has 0 fully saturated rings. The van der Waals surface area contributed by atoms with Crippen molar-refractivity contribution in [2.75, 3.05) is 19.9 Å². The van der Waals surface area contributed by atoms with Gasteiger partial charge >= 0.3 is 0 Å². The maximum absolute atomic E-state index is 11.6. The third kappa shape index (κ3) is 2.52. The van der Waals surface area contributed by atoms with Crippen molar-refractivity contribution in [3.63, 3.8) is 0 Å². The monoisotopic (exact) mass is 319 g/mol. The molecule has 0 aromatic heterocycles. The van der Waals surface area contributed by atoms with E-state index in [4.69, 9.17) is 4.74 Å².